The molecule has 2 atom stereocenters. The number of hydrogen-bond donors (Lipinski definition) is 1. The Labute approximate surface area is 136 Å². The minimum Gasteiger partial charge on any atom is -0.444 e. The van der Waals surface area contributed by atoms with Crippen molar-refractivity contribution < 1.29 is 9.53 Å². The van der Waals surface area contributed by atoms with Crippen molar-refractivity contribution in [3.8, 4) is 0 Å². The van der Waals surface area contributed by atoms with Crippen LogP contribution >= 0.6 is 11.6 Å². The number of ether oxygens (including phenoxy) is 1. The average Bonchev–Trinajstić information content (AvgIpc) is 2.88. The lowest BCUT2D eigenvalue weighted by molar-refractivity contribution is 0.0269. The number of amides is 1. The molecule has 0 radical (unpaired) electrons. The molecule has 0 bridgehead atoms. The molecule has 2 fully saturated rings. The van der Waals surface area contributed by atoms with Gasteiger partial charge < -0.3 is 15.0 Å². The van der Waals surface area contributed by atoms with Crippen LogP contribution in [-0.4, -0.2) is 35.7 Å². The molecular weight excluding hydrogens is 300 g/mol. The molecule has 1 aromatic carbocycles. The van der Waals surface area contributed by atoms with Crippen molar-refractivity contribution in [3.05, 3.63) is 34.9 Å². The number of rotatable bonds is 3. The van der Waals surface area contributed by atoms with E-state index >= 15 is 0 Å². The van der Waals surface area contributed by atoms with Crippen LogP contribution in [0.1, 0.15) is 26.3 Å². The molecule has 1 N–H and O–H groups in total. The first kappa shape index (κ1) is 15.6. The summed E-state index contributed by atoms with van der Waals surface area (Å²) in [5.74, 6) is 1.14. The summed E-state index contributed by atoms with van der Waals surface area (Å²) < 4.78 is 5.42. The van der Waals surface area contributed by atoms with Crippen molar-refractivity contribution in [2.24, 2.45) is 11.8 Å². The van der Waals surface area contributed by atoms with Gasteiger partial charge >= 0.3 is 6.09 Å². The van der Waals surface area contributed by atoms with Gasteiger partial charge in [-0.3, -0.25) is 0 Å². The van der Waals surface area contributed by atoms with Crippen molar-refractivity contribution in [1.29, 1.82) is 0 Å². The highest BCUT2D eigenvalue weighted by Gasteiger charge is 2.56. The van der Waals surface area contributed by atoms with Crippen LogP contribution < -0.4 is 5.32 Å². The third-order valence-electron chi connectivity index (χ3n) is 4.30. The maximum atomic E-state index is 12.0. The fraction of sp³-hybridized carbons (Fsp3) is 0.588. The molecule has 1 aliphatic heterocycles. The third kappa shape index (κ3) is 3.55. The molecule has 120 valence electrons. The monoisotopic (exact) mass is 322 g/mol. The second-order valence-corrected chi connectivity index (χ2v) is 7.68. The number of nitrogens with zero attached hydrogens (tertiary/aromatic N) is 1. The predicted molar refractivity (Wildman–Crippen MR) is 86.9 cm³/mol. The van der Waals surface area contributed by atoms with Crippen molar-refractivity contribution in [3.63, 3.8) is 0 Å². The minimum atomic E-state index is -0.421. The van der Waals surface area contributed by atoms with Gasteiger partial charge in [-0.1, -0.05) is 23.7 Å². The molecule has 0 spiro atoms. The lowest BCUT2D eigenvalue weighted by atomic mass is 10.2. The highest BCUT2D eigenvalue weighted by Crippen LogP contribution is 2.45. The third-order valence-corrected chi connectivity index (χ3v) is 4.55. The molecule has 1 heterocycles. The standard InChI is InChI=1S/C17H23ClN2O2/c1-17(2,3)22-16(21)20-9-13-14(10-20)15(13)19-8-11-4-6-12(18)7-5-11/h4-7,13-15,19H,8-10H2,1-3H3. The highest BCUT2D eigenvalue weighted by molar-refractivity contribution is 6.30. The average molecular weight is 323 g/mol. The summed E-state index contributed by atoms with van der Waals surface area (Å²) in [6.07, 6.45) is -0.184. The molecule has 4 nitrogen and oxygen atoms in total. The Morgan fingerprint density at radius 2 is 1.86 bits per heavy atom. The maximum Gasteiger partial charge on any atom is 0.410 e. The van der Waals surface area contributed by atoms with Gasteiger partial charge in [0.1, 0.15) is 5.60 Å². The first-order valence-corrected chi connectivity index (χ1v) is 8.17. The predicted octanol–water partition coefficient (Wildman–Crippen LogP) is 3.29. The second kappa shape index (κ2) is 5.74. The van der Waals surface area contributed by atoms with E-state index < -0.39 is 5.60 Å². The Balaban J connectivity index is 1.43. The van der Waals surface area contributed by atoms with E-state index in [2.05, 4.69) is 5.32 Å². The topological polar surface area (TPSA) is 41.6 Å². The van der Waals surface area contributed by atoms with Gasteiger partial charge in [0.15, 0.2) is 0 Å². The Hall–Kier alpha value is -1.26. The van der Waals surface area contributed by atoms with Gasteiger partial charge in [0, 0.05) is 30.7 Å². The molecule has 3 rings (SSSR count). The van der Waals surface area contributed by atoms with Crippen molar-refractivity contribution in [2.75, 3.05) is 13.1 Å². The van der Waals surface area contributed by atoms with Crippen LogP contribution in [0.4, 0.5) is 4.79 Å². The summed E-state index contributed by atoms with van der Waals surface area (Å²) in [4.78, 5) is 13.9. The molecule has 1 amide bonds. The molecule has 0 aromatic heterocycles. The highest BCUT2D eigenvalue weighted by atomic mass is 35.5. The van der Waals surface area contributed by atoms with Gasteiger partial charge in [0.2, 0.25) is 0 Å². The largest absolute Gasteiger partial charge is 0.444 e. The van der Waals surface area contributed by atoms with Crippen LogP contribution in [0.25, 0.3) is 0 Å². The first-order valence-electron chi connectivity index (χ1n) is 7.79. The van der Waals surface area contributed by atoms with Crippen molar-refractivity contribution >= 4 is 17.7 Å². The van der Waals surface area contributed by atoms with Gasteiger partial charge in [-0.2, -0.15) is 0 Å². The maximum absolute atomic E-state index is 12.0. The van der Waals surface area contributed by atoms with Crippen LogP contribution in [0.15, 0.2) is 24.3 Å². The summed E-state index contributed by atoms with van der Waals surface area (Å²) in [5, 5.41) is 4.34. The second-order valence-electron chi connectivity index (χ2n) is 7.25. The van der Waals surface area contributed by atoms with E-state index in [4.69, 9.17) is 16.3 Å². The molecule has 1 saturated heterocycles. The SMILES string of the molecule is CC(C)(C)OC(=O)N1CC2C(C1)C2NCc1ccc(Cl)cc1. The number of nitrogens with one attached hydrogen (secondary N) is 1. The fourth-order valence-corrected chi connectivity index (χ4v) is 3.27. The Bertz CT molecular complexity index is 541. The number of halogens is 1. The number of hydrogen-bond acceptors (Lipinski definition) is 3. The number of carbonyl (C=O) groups is 1. The van der Waals surface area contributed by atoms with E-state index in [1.807, 2.05) is 49.9 Å². The van der Waals surface area contributed by atoms with Gasteiger partial charge in [-0.15, -0.1) is 0 Å². The first-order chi connectivity index (χ1) is 10.3. The zero-order valence-corrected chi connectivity index (χ0v) is 14.1. The van der Waals surface area contributed by atoms with E-state index in [-0.39, 0.29) is 6.09 Å². The van der Waals surface area contributed by atoms with Gasteiger partial charge in [-0.05, 0) is 50.3 Å². The van der Waals surface area contributed by atoms with Gasteiger partial charge in [-0.25, -0.2) is 4.79 Å². The zero-order chi connectivity index (χ0) is 15.9. The Kier molecular flexibility index (Phi) is 4.08. The summed E-state index contributed by atoms with van der Waals surface area (Å²) in [6.45, 7) is 8.16. The normalized spacial score (nSPS) is 26.7. The Morgan fingerprint density at radius 1 is 1.27 bits per heavy atom. The number of fused-ring (bicyclic) bond motifs is 1. The lowest BCUT2D eigenvalue weighted by Gasteiger charge is -2.26. The summed E-state index contributed by atoms with van der Waals surface area (Å²) in [6, 6.07) is 8.43. The molecule has 2 unspecified atom stereocenters. The van der Waals surface area contributed by atoms with E-state index in [9.17, 15) is 4.79 Å². The number of piperidine rings is 1. The molecule has 2 aliphatic rings. The van der Waals surface area contributed by atoms with Crippen LogP contribution in [0.5, 0.6) is 0 Å². The Morgan fingerprint density at radius 3 is 2.41 bits per heavy atom. The molecular formula is C17H23ClN2O2. The summed E-state index contributed by atoms with van der Waals surface area (Å²) in [7, 11) is 0. The van der Waals surface area contributed by atoms with E-state index in [0.717, 1.165) is 24.7 Å². The van der Waals surface area contributed by atoms with Crippen LogP contribution in [0, 0.1) is 11.8 Å². The van der Waals surface area contributed by atoms with E-state index in [1.54, 1.807) is 0 Å². The zero-order valence-electron chi connectivity index (χ0n) is 13.3. The van der Waals surface area contributed by atoms with Crippen LogP contribution in [0.2, 0.25) is 5.02 Å². The van der Waals surface area contributed by atoms with E-state index in [1.165, 1.54) is 5.56 Å². The molecule has 5 heteroatoms. The van der Waals surface area contributed by atoms with Gasteiger partial charge in [0.05, 0.1) is 0 Å². The van der Waals surface area contributed by atoms with Crippen LogP contribution in [0.3, 0.4) is 0 Å². The fourth-order valence-electron chi connectivity index (χ4n) is 3.14. The molecule has 1 aliphatic carbocycles. The summed E-state index contributed by atoms with van der Waals surface area (Å²) >= 11 is 5.89. The van der Waals surface area contributed by atoms with Crippen molar-refractivity contribution in [2.45, 2.75) is 39.0 Å². The van der Waals surface area contributed by atoms with E-state index in [0.29, 0.717) is 17.9 Å². The number of benzene rings is 1. The quantitative estimate of drug-likeness (QED) is 0.928. The van der Waals surface area contributed by atoms with Crippen molar-refractivity contribution in [1.82, 2.24) is 10.2 Å². The smallest absolute Gasteiger partial charge is 0.410 e. The van der Waals surface area contributed by atoms with Crippen LogP contribution in [-0.2, 0) is 11.3 Å². The number of carbonyl (C=O) groups excluding carboxylic acids is 1. The minimum absolute atomic E-state index is 0.184. The van der Waals surface area contributed by atoms with Gasteiger partial charge in [0.25, 0.3) is 0 Å². The number of likely N-dealkylation sites (tertiary alicyclic amines) is 1. The molecule has 1 aromatic rings. The molecule has 1 saturated carbocycles. The molecule has 22 heavy (non-hydrogen) atoms. The summed E-state index contributed by atoms with van der Waals surface area (Å²) in [5.41, 5.74) is 0.814. The lowest BCUT2D eigenvalue weighted by Crippen LogP contribution is -2.39.